The molecule has 0 saturated heterocycles. The monoisotopic (exact) mass is 464 g/mol. The fourth-order valence-corrected chi connectivity index (χ4v) is 3.96. The van der Waals surface area contributed by atoms with Gasteiger partial charge in [0.25, 0.3) is 0 Å². The fourth-order valence-electron chi connectivity index (χ4n) is 2.46. The molecule has 1 N–H and O–H groups in total. The molecule has 0 aromatic heterocycles. The molecular weight excluding hydrogens is 436 g/mol. The fraction of sp³-hybridized carbons (Fsp3) is 0.409. The van der Waals surface area contributed by atoms with E-state index < -0.39 is 14.4 Å². The number of carbonyl (C=O) groups excluding carboxylic acids is 1. The number of ether oxygens (including phenoxy) is 1. The van der Waals surface area contributed by atoms with E-state index in [9.17, 15) is 9.90 Å². The molecule has 6 heteroatoms. The first-order valence-electron chi connectivity index (χ1n) is 9.39. The van der Waals surface area contributed by atoms with E-state index in [0.717, 1.165) is 15.8 Å². The van der Waals surface area contributed by atoms with E-state index >= 15 is 0 Å². The van der Waals surface area contributed by atoms with Crippen LogP contribution in [-0.2, 0) is 4.74 Å². The zero-order valence-corrected chi connectivity index (χ0v) is 20.0. The first kappa shape index (κ1) is 22.7. The van der Waals surface area contributed by atoms with Crippen LogP contribution in [0.15, 0.2) is 46.9 Å². The van der Waals surface area contributed by atoms with Crippen molar-refractivity contribution in [1.29, 1.82) is 0 Å². The molecule has 1 atom stereocenters. The minimum Gasteiger partial charge on any atom is -0.543 e. The van der Waals surface area contributed by atoms with E-state index in [-0.39, 0.29) is 11.0 Å². The summed E-state index contributed by atoms with van der Waals surface area (Å²) in [5.41, 5.74) is 1.89. The quantitative estimate of drug-likeness (QED) is 0.414. The molecule has 4 nitrogen and oxygen atoms in total. The number of aliphatic hydroxyl groups is 1. The van der Waals surface area contributed by atoms with Gasteiger partial charge in [0.15, 0.2) is 0 Å². The van der Waals surface area contributed by atoms with Crippen LogP contribution in [-0.4, -0.2) is 26.0 Å². The molecule has 1 unspecified atom stereocenters. The van der Waals surface area contributed by atoms with Crippen molar-refractivity contribution in [3.8, 4) is 5.75 Å². The molecule has 0 aliphatic heterocycles. The highest BCUT2D eigenvalue weighted by molar-refractivity contribution is 9.10. The number of hydrogen-bond acceptors (Lipinski definition) is 4. The Kier molecular flexibility index (Phi) is 7.12. The lowest BCUT2D eigenvalue weighted by Crippen LogP contribution is -2.43. The molecule has 0 aliphatic carbocycles. The topological polar surface area (TPSA) is 55.8 Å². The third-order valence-corrected chi connectivity index (χ3v) is 9.94. The Labute approximate surface area is 177 Å². The average Bonchev–Trinajstić information content (AvgIpc) is 2.59. The molecule has 2 rings (SSSR count). The highest BCUT2D eigenvalue weighted by Gasteiger charge is 2.39. The second kappa shape index (κ2) is 8.80. The van der Waals surface area contributed by atoms with Crippen LogP contribution in [0.25, 0.3) is 0 Å². The minimum atomic E-state index is -1.99. The lowest BCUT2D eigenvalue weighted by atomic mass is 10.0. The van der Waals surface area contributed by atoms with Gasteiger partial charge in [-0.3, -0.25) is 0 Å². The summed E-state index contributed by atoms with van der Waals surface area (Å²) < 4.78 is 12.2. The summed E-state index contributed by atoms with van der Waals surface area (Å²) >= 11 is 3.52. The normalized spacial score (nSPS) is 13.1. The third-order valence-electron chi connectivity index (χ3n) is 5.13. The Hall–Kier alpha value is -1.63. The summed E-state index contributed by atoms with van der Waals surface area (Å²) in [7, 11) is -1.99. The Bertz CT molecular complexity index is 825. The van der Waals surface area contributed by atoms with Gasteiger partial charge in [-0.15, -0.1) is 0 Å². The number of carbonyl (C=O) groups is 1. The SMILES string of the molecule is CCOC(=O)c1ccc(C(O)c2cc(Br)cc(O[Si](C)(C)C(C)(C)C)c2)cc1. The molecule has 0 spiro atoms. The van der Waals surface area contributed by atoms with Gasteiger partial charge in [0.1, 0.15) is 11.9 Å². The van der Waals surface area contributed by atoms with Gasteiger partial charge in [0.2, 0.25) is 8.32 Å². The van der Waals surface area contributed by atoms with E-state index in [1.54, 1.807) is 31.2 Å². The van der Waals surface area contributed by atoms with Crippen molar-refractivity contribution in [3.05, 3.63) is 63.6 Å². The van der Waals surface area contributed by atoms with Crippen LogP contribution < -0.4 is 4.43 Å². The third kappa shape index (κ3) is 5.46. The van der Waals surface area contributed by atoms with Crippen molar-refractivity contribution in [2.24, 2.45) is 0 Å². The van der Waals surface area contributed by atoms with E-state index in [4.69, 9.17) is 9.16 Å². The van der Waals surface area contributed by atoms with Crippen LogP contribution in [0.5, 0.6) is 5.75 Å². The minimum absolute atomic E-state index is 0.0804. The summed E-state index contributed by atoms with van der Waals surface area (Å²) in [6.07, 6.45) is -0.824. The standard InChI is InChI=1S/C22H29BrO4Si/c1-7-26-21(25)16-10-8-15(9-11-16)20(24)17-12-18(23)14-19(13-17)27-28(5,6)22(2,3)4/h8-14,20,24H,7H2,1-6H3. The molecule has 0 fully saturated rings. The molecule has 2 aromatic rings. The summed E-state index contributed by atoms with van der Waals surface area (Å²) in [6.45, 7) is 13.1. The maximum Gasteiger partial charge on any atom is 0.338 e. The molecule has 152 valence electrons. The van der Waals surface area contributed by atoms with E-state index in [0.29, 0.717) is 17.7 Å². The lowest BCUT2D eigenvalue weighted by molar-refractivity contribution is 0.0526. The summed E-state index contributed by atoms with van der Waals surface area (Å²) in [5, 5.41) is 10.9. The van der Waals surface area contributed by atoms with Crippen molar-refractivity contribution in [2.45, 2.75) is 51.9 Å². The summed E-state index contributed by atoms with van der Waals surface area (Å²) in [4.78, 5) is 11.8. The Balaban J connectivity index is 2.27. The highest BCUT2D eigenvalue weighted by Crippen LogP contribution is 2.39. The molecular formula is C22H29BrO4Si. The predicted octanol–water partition coefficient (Wildman–Crippen LogP) is 6.09. The van der Waals surface area contributed by atoms with Crippen LogP contribution in [0.1, 0.15) is 55.3 Å². The average molecular weight is 465 g/mol. The largest absolute Gasteiger partial charge is 0.543 e. The van der Waals surface area contributed by atoms with Crippen molar-refractivity contribution >= 4 is 30.2 Å². The van der Waals surface area contributed by atoms with Gasteiger partial charge in [-0.05, 0) is 66.5 Å². The Morgan fingerprint density at radius 3 is 2.25 bits per heavy atom. The van der Waals surface area contributed by atoms with Gasteiger partial charge >= 0.3 is 5.97 Å². The molecule has 28 heavy (non-hydrogen) atoms. The van der Waals surface area contributed by atoms with Gasteiger partial charge in [-0.1, -0.05) is 48.8 Å². The first-order chi connectivity index (χ1) is 12.9. The van der Waals surface area contributed by atoms with E-state index in [1.165, 1.54) is 0 Å². The smallest absolute Gasteiger partial charge is 0.338 e. The zero-order chi connectivity index (χ0) is 21.1. The Morgan fingerprint density at radius 2 is 1.71 bits per heavy atom. The molecule has 0 bridgehead atoms. The zero-order valence-electron chi connectivity index (χ0n) is 17.4. The lowest BCUT2D eigenvalue weighted by Gasteiger charge is -2.36. The van der Waals surface area contributed by atoms with E-state index in [2.05, 4.69) is 49.8 Å². The van der Waals surface area contributed by atoms with Gasteiger partial charge in [0.05, 0.1) is 12.2 Å². The van der Waals surface area contributed by atoms with Gasteiger partial charge in [-0.25, -0.2) is 4.79 Å². The maximum atomic E-state index is 11.8. The van der Waals surface area contributed by atoms with Crippen LogP contribution in [0.2, 0.25) is 18.1 Å². The molecule has 0 radical (unpaired) electrons. The number of aliphatic hydroxyl groups excluding tert-OH is 1. The number of halogens is 1. The van der Waals surface area contributed by atoms with Gasteiger partial charge in [-0.2, -0.15) is 0 Å². The van der Waals surface area contributed by atoms with Gasteiger partial charge < -0.3 is 14.3 Å². The van der Waals surface area contributed by atoms with Crippen molar-refractivity contribution in [2.75, 3.05) is 6.61 Å². The van der Waals surface area contributed by atoms with Crippen LogP contribution in [0.4, 0.5) is 0 Å². The van der Waals surface area contributed by atoms with E-state index in [1.807, 2.05) is 18.2 Å². The number of hydrogen-bond donors (Lipinski definition) is 1. The predicted molar refractivity (Wildman–Crippen MR) is 118 cm³/mol. The molecule has 0 aliphatic rings. The number of rotatable bonds is 6. The maximum absolute atomic E-state index is 11.8. The molecule has 0 heterocycles. The summed E-state index contributed by atoms with van der Waals surface area (Å²) in [6, 6.07) is 12.5. The second-order valence-electron chi connectivity index (χ2n) is 8.33. The molecule has 0 saturated carbocycles. The second-order valence-corrected chi connectivity index (χ2v) is 14.0. The van der Waals surface area contributed by atoms with Crippen LogP contribution >= 0.6 is 15.9 Å². The van der Waals surface area contributed by atoms with Crippen molar-refractivity contribution in [1.82, 2.24) is 0 Å². The molecule has 0 amide bonds. The van der Waals surface area contributed by atoms with Crippen molar-refractivity contribution < 1.29 is 19.1 Å². The van der Waals surface area contributed by atoms with Gasteiger partial charge in [0, 0.05) is 4.47 Å². The van der Waals surface area contributed by atoms with Crippen molar-refractivity contribution in [3.63, 3.8) is 0 Å². The number of esters is 1. The molecule has 2 aromatic carbocycles. The number of benzene rings is 2. The van der Waals surface area contributed by atoms with Crippen LogP contribution in [0, 0.1) is 0 Å². The summed E-state index contributed by atoms with van der Waals surface area (Å²) in [5.74, 6) is 0.384. The Morgan fingerprint density at radius 1 is 1.11 bits per heavy atom. The van der Waals surface area contributed by atoms with Crippen LogP contribution in [0.3, 0.4) is 0 Å². The highest BCUT2D eigenvalue weighted by atomic mass is 79.9. The first-order valence-corrected chi connectivity index (χ1v) is 13.1.